The molecule has 0 spiro atoms. The fraction of sp³-hybridized carbons (Fsp3) is 0.952. The van der Waals surface area contributed by atoms with Gasteiger partial charge in [0.15, 0.2) is 0 Å². The van der Waals surface area contributed by atoms with Crippen molar-refractivity contribution in [3.05, 3.63) is 0 Å². The van der Waals surface area contributed by atoms with Crippen molar-refractivity contribution in [1.29, 1.82) is 0 Å². The van der Waals surface area contributed by atoms with E-state index < -0.39 is 0 Å². The summed E-state index contributed by atoms with van der Waals surface area (Å²) >= 11 is 0. The largest absolute Gasteiger partial charge is 0.396 e. The van der Waals surface area contributed by atoms with E-state index in [0.29, 0.717) is 12.4 Å². The Bertz CT molecular complexity index is 238. The molecule has 0 bridgehead atoms. The van der Waals surface area contributed by atoms with Crippen molar-refractivity contribution >= 4 is 5.78 Å². The van der Waals surface area contributed by atoms with Crippen LogP contribution in [0, 0.1) is 0 Å². The molecule has 0 heterocycles. The number of hydrogen-bond acceptors (Lipinski definition) is 2. The van der Waals surface area contributed by atoms with Crippen molar-refractivity contribution in [2.45, 2.75) is 122 Å². The zero-order valence-corrected chi connectivity index (χ0v) is 15.8. The van der Waals surface area contributed by atoms with Crippen LogP contribution in [0.25, 0.3) is 0 Å². The maximum absolute atomic E-state index is 10.8. The Balaban J connectivity index is 2.96. The number of unbranched alkanes of at least 4 members (excludes halogenated alkanes) is 16. The average molecular weight is 327 g/mol. The van der Waals surface area contributed by atoms with E-state index in [4.69, 9.17) is 5.11 Å². The van der Waals surface area contributed by atoms with E-state index in [1.807, 2.05) is 0 Å². The fourth-order valence-electron chi connectivity index (χ4n) is 3.14. The third-order valence-electron chi connectivity index (χ3n) is 4.69. The number of rotatable bonds is 19. The second-order valence-corrected chi connectivity index (χ2v) is 7.19. The molecule has 0 aliphatic rings. The highest BCUT2D eigenvalue weighted by atomic mass is 16.2. The van der Waals surface area contributed by atoms with Gasteiger partial charge in [-0.15, -0.1) is 0 Å². The summed E-state index contributed by atoms with van der Waals surface area (Å²) < 4.78 is 0. The average Bonchev–Trinajstić information content (AvgIpc) is 2.53. The normalized spacial score (nSPS) is 11.0. The van der Waals surface area contributed by atoms with Crippen molar-refractivity contribution in [2.75, 3.05) is 6.61 Å². The molecule has 0 rings (SSSR count). The number of hydrogen-bond donors (Lipinski definition) is 1. The summed E-state index contributed by atoms with van der Waals surface area (Å²) in [6.45, 7) is 2.05. The summed E-state index contributed by atoms with van der Waals surface area (Å²) in [7, 11) is 0. The topological polar surface area (TPSA) is 37.3 Å². The summed E-state index contributed by atoms with van der Waals surface area (Å²) in [5.41, 5.74) is 0. The van der Waals surface area contributed by atoms with Crippen molar-refractivity contribution in [3.63, 3.8) is 0 Å². The monoisotopic (exact) mass is 326 g/mol. The molecule has 2 nitrogen and oxygen atoms in total. The van der Waals surface area contributed by atoms with Crippen LogP contribution in [0.1, 0.15) is 122 Å². The van der Waals surface area contributed by atoms with Crippen LogP contribution in [0.3, 0.4) is 0 Å². The van der Waals surface area contributed by atoms with Crippen LogP contribution in [0.4, 0.5) is 0 Å². The molecule has 0 unspecified atom stereocenters. The van der Waals surface area contributed by atoms with Gasteiger partial charge in [-0.05, 0) is 19.8 Å². The van der Waals surface area contributed by atoms with Crippen LogP contribution in [0.15, 0.2) is 0 Å². The minimum absolute atomic E-state index is 0.340. The van der Waals surface area contributed by atoms with Crippen molar-refractivity contribution in [3.8, 4) is 0 Å². The predicted octanol–water partition coefficient (Wildman–Crippen LogP) is 6.59. The van der Waals surface area contributed by atoms with Crippen LogP contribution in [-0.2, 0) is 4.79 Å². The number of Topliss-reactive ketones (excluding diaryl/α,β-unsaturated/α-hetero) is 1. The Labute approximate surface area is 145 Å². The van der Waals surface area contributed by atoms with Crippen molar-refractivity contribution in [1.82, 2.24) is 0 Å². The van der Waals surface area contributed by atoms with Gasteiger partial charge >= 0.3 is 0 Å². The lowest BCUT2D eigenvalue weighted by Gasteiger charge is -2.03. The lowest BCUT2D eigenvalue weighted by molar-refractivity contribution is -0.117. The van der Waals surface area contributed by atoms with Gasteiger partial charge in [0.05, 0.1) is 0 Å². The zero-order chi connectivity index (χ0) is 17.0. The number of aliphatic hydroxyl groups excluding tert-OH is 1. The molecule has 1 N–H and O–H groups in total. The molecule has 0 saturated heterocycles. The molecule has 0 aliphatic carbocycles. The van der Waals surface area contributed by atoms with Gasteiger partial charge in [0.2, 0.25) is 0 Å². The van der Waals surface area contributed by atoms with E-state index in [9.17, 15) is 4.79 Å². The zero-order valence-electron chi connectivity index (χ0n) is 15.8. The third-order valence-corrected chi connectivity index (χ3v) is 4.69. The molecule has 0 radical (unpaired) electrons. The van der Waals surface area contributed by atoms with E-state index >= 15 is 0 Å². The van der Waals surface area contributed by atoms with Gasteiger partial charge < -0.3 is 9.90 Å². The van der Waals surface area contributed by atoms with Crippen LogP contribution >= 0.6 is 0 Å². The number of carbonyl (C=O) groups excluding carboxylic acids is 1. The molecule has 2 heteroatoms. The summed E-state index contributed by atoms with van der Waals surface area (Å²) in [5.74, 6) is 0.340. The number of ketones is 1. The molecule has 0 atom stereocenters. The van der Waals surface area contributed by atoms with E-state index in [2.05, 4.69) is 0 Å². The Hall–Kier alpha value is -0.370. The van der Waals surface area contributed by atoms with Gasteiger partial charge in [-0.1, -0.05) is 96.3 Å². The number of carbonyl (C=O) groups is 1. The first-order valence-corrected chi connectivity index (χ1v) is 10.4. The molecule has 0 amide bonds. The molecule has 0 aromatic heterocycles. The van der Waals surface area contributed by atoms with Gasteiger partial charge in [0.25, 0.3) is 0 Å². The Morgan fingerprint density at radius 3 is 1.04 bits per heavy atom. The van der Waals surface area contributed by atoms with Crippen molar-refractivity contribution in [2.24, 2.45) is 0 Å². The van der Waals surface area contributed by atoms with E-state index in [0.717, 1.165) is 19.3 Å². The maximum Gasteiger partial charge on any atom is 0.129 e. The maximum atomic E-state index is 10.8. The SMILES string of the molecule is CC(=O)CCCCCCCCCCCCCCCCCCCO. The Morgan fingerprint density at radius 1 is 0.522 bits per heavy atom. The van der Waals surface area contributed by atoms with Crippen molar-refractivity contribution < 1.29 is 9.90 Å². The summed E-state index contributed by atoms with van der Waals surface area (Å²) in [4.78, 5) is 10.8. The van der Waals surface area contributed by atoms with Gasteiger partial charge in [-0.25, -0.2) is 0 Å². The quantitative estimate of drug-likeness (QED) is 0.272. The molecule has 138 valence electrons. The smallest absolute Gasteiger partial charge is 0.129 e. The van der Waals surface area contributed by atoms with Crippen LogP contribution in [0.5, 0.6) is 0 Å². The third kappa shape index (κ3) is 21.6. The van der Waals surface area contributed by atoms with Crippen LogP contribution in [-0.4, -0.2) is 17.5 Å². The first kappa shape index (κ1) is 22.6. The highest BCUT2D eigenvalue weighted by molar-refractivity contribution is 5.75. The fourth-order valence-corrected chi connectivity index (χ4v) is 3.14. The molecule has 0 saturated carbocycles. The first-order valence-electron chi connectivity index (χ1n) is 10.4. The molecule has 0 fully saturated rings. The second-order valence-electron chi connectivity index (χ2n) is 7.19. The summed E-state index contributed by atoms with van der Waals surface area (Å²) in [6, 6.07) is 0. The summed E-state index contributed by atoms with van der Waals surface area (Å²) in [5, 5.41) is 8.70. The van der Waals surface area contributed by atoms with Crippen LogP contribution in [0.2, 0.25) is 0 Å². The van der Waals surface area contributed by atoms with Crippen LogP contribution < -0.4 is 0 Å². The molecular formula is C21H42O2. The lowest BCUT2D eigenvalue weighted by atomic mass is 10.0. The predicted molar refractivity (Wildman–Crippen MR) is 101 cm³/mol. The van der Waals surface area contributed by atoms with E-state index in [1.165, 1.54) is 96.3 Å². The van der Waals surface area contributed by atoms with E-state index in [-0.39, 0.29) is 0 Å². The second kappa shape index (κ2) is 19.7. The molecule has 0 aliphatic heterocycles. The minimum Gasteiger partial charge on any atom is -0.396 e. The van der Waals surface area contributed by atoms with Gasteiger partial charge in [0.1, 0.15) is 5.78 Å². The highest BCUT2D eigenvalue weighted by Crippen LogP contribution is 2.14. The standard InChI is InChI=1S/C21H42O2/c1-21(23)19-17-15-13-11-9-7-5-3-2-4-6-8-10-12-14-16-18-20-22/h22H,2-20H2,1H3. The Morgan fingerprint density at radius 2 is 0.783 bits per heavy atom. The summed E-state index contributed by atoms with van der Waals surface area (Å²) in [6.07, 6.45) is 23.3. The Kier molecular flexibility index (Phi) is 19.4. The highest BCUT2D eigenvalue weighted by Gasteiger charge is 1.96. The first-order chi connectivity index (χ1) is 11.3. The molecule has 0 aromatic rings. The minimum atomic E-state index is 0.340. The lowest BCUT2D eigenvalue weighted by Crippen LogP contribution is -1.89. The van der Waals surface area contributed by atoms with Gasteiger partial charge in [-0.3, -0.25) is 0 Å². The molecule has 23 heavy (non-hydrogen) atoms. The number of aliphatic hydroxyl groups is 1. The molecule has 0 aromatic carbocycles. The molecular weight excluding hydrogens is 284 g/mol. The van der Waals surface area contributed by atoms with Gasteiger partial charge in [0, 0.05) is 13.0 Å². The van der Waals surface area contributed by atoms with E-state index in [1.54, 1.807) is 6.92 Å². The van der Waals surface area contributed by atoms with Gasteiger partial charge in [-0.2, -0.15) is 0 Å².